The summed E-state index contributed by atoms with van der Waals surface area (Å²) in [4.78, 5) is 13.6. The van der Waals surface area contributed by atoms with E-state index in [1.165, 1.54) is 4.31 Å². The lowest BCUT2D eigenvalue weighted by atomic mass is 9.96. The van der Waals surface area contributed by atoms with E-state index in [9.17, 15) is 13.2 Å². The van der Waals surface area contributed by atoms with E-state index in [0.717, 1.165) is 22.4 Å². The number of carboxylic acid groups (broad SMARTS) is 1. The van der Waals surface area contributed by atoms with Gasteiger partial charge in [0.2, 0.25) is 10.0 Å². The molecule has 3 rings (SSSR count). The number of carbonyl (C=O) groups is 1. The molecule has 0 radical (unpaired) electrons. The van der Waals surface area contributed by atoms with Crippen LogP contribution in [0.3, 0.4) is 0 Å². The van der Waals surface area contributed by atoms with Gasteiger partial charge in [0.15, 0.2) is 0 Å². The molecule has 2 aromatic rings. The molecule has 0 unspecified atom stereocenters. The van der Waals surface area contributed by atoms with Gasteiger partial charge in [-0.1, -0.05) is 18.2 Å². The highest BCUT2D eigenvalue weighted by molar-refractivity contribution is 7.89. The Balaban J connectivity index is 1.72. The largest absolute Gasteiger partial charge is 0.481 e. The minimum absolute atomic E-state index is 0.273. The highest BCUT2D eigenvalue weighted by atomic mass is 32.2. The maximum Gasteiger partial charge on any atom is 0.306 e. The van der Waals surface area contributed by atoms with Crippen LogP contribution in [0, 0.1) is 19.8 Å². The number of piperidine rings is 1. The zero-order valence-electron chi connectivity index (χ0n) is 17.1. The Labute approximate surface area is 172 Å². The first kappa shape index (κ1) is 21.3. The number of rotatable bonds is 6. The van der Waals surface area contributed by atoms with E-state index in [1.807, 2.05) is 44.2 Å². The quantitative estimate of drug-likeness (QED) is 0.781. The topological polar surface area (TPSA) is 77.9 Å². The lowest BCUT2D eigenvalue weighted by Gasteiger charge is -2.32. The van der Waals surface area contributed by atoms with E-state index in [0.29, 0.717) is 30.8 Å². The zero-order valence-corrected chi connectivity index (χ0v) is 17.9. The predicted octanol–water partition coefficient (Wildman–Crippen LogP) is 3.43. The van der Waals surface area contributed by atoms with E-state index >= 15 is 0 Å². The van der Waals surface area contributed by atoms with Gasteiger partial charge in [0.05, 0.1) is 10.8 Å². The van der Waals surface area contributed by atoms with Gasteiger partial charge >= 0.3 is 5.97 Å². The molecule has 0 aromatic heterocycles. The van der Waals surface area contributed by atoms with E-state index in [2.05, 4.69) is 4.90 Å². The number of aryl methyl sites for hydroxylation is 2. The number of hydrogen-bond acceptors (Lipinski definition) is 4. The molecule has 1 saturated heterocycles. The fourth-order valence-electron chi connectivity index (χ4n) is 3.63. The third kappa shape index (κ3) is 4.79. The molecule has 0 aliphatic carbocycles. The number of hydrogen-bond donors (Lipinski definition) is 1. The van der Waals surface area contributed by atoms with Gasteiger partial charge < -0.3 is 10.0 Å². The van der Waals surface area contributed by atoms with E-state index in [1.54, 1.807) is 19.2 Å². The molecule has 1 aliphatic rings. The van der Waals surface area contributed by atoms with Crippen molar-refractivity contribution in [2.45, 2.75) is 38.1 Å². The van der Waals surface area contributed by atoms with Crippen LogP contribution in [0.2, 0.25) is 0 Å². The fraction of sp³-hybridized carbons (Fsp3) is 0.409. The molecule has 6 nitrogen and oxygen atoms in total. The summed E-state index contributed by atoms with van der Waals surface area (Å²) in [6.45, 7) is 5.52. The Morgan fingerprint density at radius 2 is 1.79 bits per heavy atom. The molecule has 2 aromatic carbocycles. The van der Waals surface area contributed by atoms with Crippen molar-refractivity contribution in [3.8, 4) is 0 Å². The van der Waals surface area contributed by atoms with Gasteiger partial charge in [-0.2, -0.15) is 4.31 Å². The lowest BCUT2D eigenvalue weighted by molar-refractivity contribution is -0.142. The summed E-state index contributed by atoms with van der Waals surface area (Å²) in [7, 11) is -1.98. The Hall–Kier alpha value is -2.38. The van der Waals surface area contributed by atoms with Crippen LogP contribution in [0.1, 0.15) is 29.5 Å². The molecule has 0 spiro atoms. The maximum absolute atomic E-state index is 12.9. The van der Waals surface area contributed by atoms with Crippen LogP contribution in [0.5, 0.6) is 0 Å². The van der Waals surface area contributed by atoms with Crippen LogP contribution < -0.4 is 4.90 Å². The normalized spacial score (nSPS) is 15.7. The lowest BCUT2D eigenvalue weighted by Crippen LogP contribution is -2.36. The molecule has 1 heterocycles. The van der Waals surface area contributed by atoms with Gasteiger partial charge in [0.25, 0.3) is 0 Å². The summed E-state index contributed by atoms with van der Waals surface area (Å²) >= 11 is 0. The Morgan fingerprint density at radius 3 is 2.41 bits per heavy atom. The Kier molecular flexibility index (Phi) is 6.29. The zero-order chi connectivity index (χ0) is 21.2. The van der Waals surface area contributed by atoms with Crippen LogP contribution in [-0.2, 0) is 21.4 Å². The number of nitrogens with zero attached hydrogens (tertiary/aromatic N) is 2. The number of sulfonamides is 1. The molecule has 1 fully saturated rings. The third-order valence-electron chi connectivity index (χ3n) is 5.71. The third-order valence-corrected chi connectivity index (χ3v) is 7.51. The van der Waals surface area contributed by atoms with Gasteiger partial charge in [-0.25, -0.2) is 8.42 Å². The standard InChI is InChI=1S/C22H28N2O4S/c1-16-7-8-21(13-17(16)2)29(27,28)23(3)15-18-5-4-6-20(14-18)24-11-9-19(10-12-24)22(25)26/h4-8,13-14,19H,9-12,15H2,1-3H3,(H,25,26). The van der Waals surface area contributed by atoms with E-state index < -0.39 is 16.0 Å². The molecule has 156 valence electrons. The van der Waals surface area contributed by atoms with Crippen molar-refractivity contribution in [1.82, 2.24) is 4.31 Å². The van der Waals surface area contributed by atoms with E-state index in [-0.39, 0.29) is 12.5 Å². The molecule has 29 heavy (non-hydrogen) atoms. The minimum Gasteiger partial charge on any atom is -0.481 e. The Bertz CT molecular complexity index is 996. The average molecular weight is 417 g/mol. The smallest absolute Gasteiger partial charge is 0.306 e. The molecule has 1 aliphatic heterocycles. The number of benzene rings is 2. The second-order valence-electron chi connectivity index (χ2n) is 7.78. The highest BCUT2D eigenvalue weighted by Gasteiger charge is 2.25. The van der Waals surface area contributed by atoms with Crippen molar-refractivity contribution in [1.29, 1.82) is 0 Å². The second-order valence-corrected chi connectivity index (χ2v) is 9.82. The minimum atomic E-state index is -3.58. The Morgan fingerprint density at radius 1 is 1.10 bits per heavy atom. The number of aliphatic carboxylic acids is 1. The van der Waals surface area contributed by atoms with Crippen LogP contribution in [0.15, 0.2) is 47.4 Å². The van der Waals surface area contributed by atoms with Gasteiger partial charge in [-0.05, 0) is 67.6 Å². The summed E-state index contributed by atoms with van der Waals surface area (Å²) in [6, 6.07) is 13.0. The highest BCUT2D eigenvalue weighted by Crippen LogP contribution is 2.25. The molecule has 1 N–H and O–H groups in total. The summed E-state index contributed by atoms with van der Waals surface area (Å²) in [5, 5.41) is 9.16. The molecule has 0 amide bonds. The second kappa shape index (κ2) is 8.55. The van der Waals surface area contributed by atoms with Crippen molar-refractivity contribution in [3.63, 3.8) is 0 Å². The average Bonchev–Trinajstić information content (AvgIpc) is 2.70. The van der Waals surface area contributed by atoms with E-state index in [4.69, 9.17) is 5.11 Å². The van der Waals surface area contributed by atoms with Crippen LogP contribution in [-0.4, -0.2) is 43.9 Å². The molecule has 7 heteroatoms. The molecular formula is C22H28N2O4S. The molecule has 0 saturated carbocycles. The van der Waals surface area contributed by atoms with Crippen LogP contribution in [0.25, 0.3) is 0 Å². The summed E-state index contributed by atoms with van der Waals surface area (Å²) in [5.41, 5.74) is 3.92. The molecular weight excluding hydrogens is 388 g/mol. The van der Waals surface area contributed by atoms with Gasteiger partial charge in [-0.3, -0.25) is 4.79 Å². The molecule has 0 bridgehead atoms. The summed E-state index contributed by atoms with van der Waals surface area (Å²) in [5.74, 6) is -1.000. The van der Waals surface area contributed by atoms with Crippen molar-refractivity contribution in [2.75, 3.05) is 25.0 Å². The molecule has 0 atom stereocenters. The fourth-order valence-corrected chi connectivity index (χ4v) is 4.88. The number of anilines is 1. The van der Waals surface area contributed by atoms with Crippen molar-refractivity contribution in [3.05, 3.63) is 59.2 Å². The first-order chi connectivity index (χ1) is 13.7. The predicted molar refractivity (Wildman–Crippen MR) is 114 cm³/mol. The summed E-state index contributed by atoms with van der Waals surface area (Å²) in [6.07, 6.45) is 1.25. The van der Waals surface area contributed by atoms with Gasteiger partial charge in [0.1, 0.15) is 0 Å². The van der Waals surface area contributed by atoms with Crippen LogP contribution in [0.4, 0.5) is 5.69 Å². The van der Waals surface area contributed by atoms with Gasteiger partial charge in [-0.15, -0.1) is 0 Å². The van der Waals surface area contributed by atoms with Crippen molar-refractivity contribution < 1.29 is 18.3 Å². The van der Waals surface area contributed by atoms with Gasteiger partial charge in [0, 0.05) is 32.4 Å². The first-order valence-electron chi connectivity index (χ1n) is 9.79. The van der Waals surface area contributed by atoms with Crippen LogP contribution >= 0.6 is 0 Å². The number of carboxylic acids is 1. The SMILES string of the molecule is Cc1ccc(S(=O)(=O)N(C)Cc2cccc(N3CCC(C(=O)O)CC3)c2)cc1C. The monoisotopic (exact) mass is 416 g/mol. The maximum atomic E-state index is 12.9. The van der Waals surface area contributed by atoms with Crippen molar-refractivity contribution in [2.24, 2.45) is 5.92 Å². The first-order valence-corrected chi connectivity index (χ1v) is 11.2. The van der Waals surface area contributed by atoms with Crippen molar-refractivity contribution >= 4 is 21.7 Å². The summed E-state index contributed by atoms with van der Waals surface area (Å²) < 4.78 is 27.3.